The van der Waals surface area contributed by atoms with Gasteiger partial charge in [0.2, 0.25) is 0 Å². The standard InChI is InChI=1S/C60H48N2O2/c1-3-5-17-41-19-13-25-45-47-27-15-29-53(59(47)63-57(41)45)61(43-21-9-7-10-22-43)51-37-33-39-32-36-50-52(38-34-40-31-35-49(51)55(39)56(40)50)62(44-23-11-8-12-24-44)54-30-16-28-48-46-26-14-20-42(18-6-4-2)58(46)64-60(48)54/h7-16,19-38H,3-6,17-18H2,1-2H3. The maximum absolute atomic E-state index is 7.01. The van der Waals surface area contributed by atoms with Crippen molar-refractivity contribution < 1.29 is 8.83 Å². The van der Waals surface area contributed by atoms with Gasteiger partial charge in [0, 0.05) is 43.7 Å². The van der Waals surface area contributed by atoms with Crippen LogP contribution in [-0.2, 0) is 12.8 Å². The van der Waals surface area contributed by atoms with Gasteiger partial charge in [-0.1, -0.05) is 160 Å². The van der Waals surface area contributed by atoms with Crippen LogP contribution in [-0.4, -0.2) is 0 Å². The molecule has 64 heavy (non-hydrogen) atoms. The zero-order valence-electron chi connectivity index (χ0n) is 36.3. The molecule has 2 heterocycles. The molecule has 12 rings (SSSR count). The fourth-order valence-corrected chi connectivity index (χ4v) is 10.3. The van der Waals surface area contributed by atoms with Crippen molar-refractivity contribution in [1.82, 2.24) is 0 Å². The average Bonchev–Trinajstić information content (AvgIpc) is 3.94. The fourth-order valence-electron chi connectivity index (χ4n) is 10.3. The number of anilines is 6. The summed E-state index contributed by atoms with van der Waals surface area (Å²) in [5, 5.41) is 11.8. The molecule has 0 fully saturated rings. The molecule has 0 amide bonds. The van der Waals surface area contributed by atoms with Crippen LogP contribution in [0.1, 0.15) is 50.7 Å². The van der Waals surface area contributed by atoms with Gasteiger partial charge in [-0.15, -0.1) is 0 Å². The van der Waals surface area contributed by atoms with Crippen LogP contribution in [0.5, 0.6) is 0 Å². The number of rotatable bonds is 12. The third kappa shape index (κ3) is 6.04. The van der Waals surface area contributed by atoms with Crippen molar-refractivity contribution in [3.63, 3.8) is 0 Å². The summed E-state index contributed by atoms with van der Waals surface area (Å²) in [6.45, 7) is 4.49. The molecule has 0 aliphatic carbocycles. The molecule has 4 heteroatoms. The second kappa shape index (κ2) is 15.7. The number of benzene rings is 10. The highest BCUT2D eigenvalue weighted by Gasteiger charge is 2.26. The summed E-state index contributed by atoms with van der Waals surface area (Å²) in [4.78, 5) is 4.80. The topological polar surface area (TPSA) is 32.8 Å². The lowest BCUT2D eigenvalue weighted by atomic mass is 9.91. The first-order valence-electron chi connectivity index (χ1n) is 23.0. The Bertz CT molecular complexity index is 3420. The molecule has 2 aromatic heterocycles. The van der Waals surface area contributed by atoms with Crippen molar-refractivity contribution in [2.24, 2.45) is 0 Å². The Morgan fingerprint density at radius 3 is 1.14 bits per heavy atom. The predicted octanol–water partition coefficient (Wildman–Crippen LogP) is 18.0. The van der Waals surface area contributed by atoms with E-state index in [0.717, 1.165) is 106 Å². The third-order valence-corrected chi connectivity index (χ3v) is 13.4. The summed E-state index contributed by atoms with van der Waals surface area (Å²) in [6.07, 6.45) is 6.53. The second-order valence-electron chi connectivity index (χ2n) is 17.2. The SMILES string of the molecule is CCCCc1cccc2c1oc1c(N(c3ccccc3)c3ccc4ccc5c(N(c6ccccc6)c6cccc7c6oc6c(CCCC)cccc67)ccc6ccc3c4c65)cccc12. The molecule has 0 atom stereocenters. The highest BCUT2D eigenvalue weighted by Crippen LogP contribution is 2.50. The Hall–Kier alpha value is -7.56. The van der Waals surface area contributed by atoms with Gasteiger partial charge < -0.3 is 18.6 Å². The first-order valence-corrected chi connectivity index (χ1v) is 23.0. The fraction of sp³-hybridized carbons (Fsp3) is 0.133. The van der Waals surface area contributed by atoms with E-state index < -0.39 is 0 Å². The molecular weight excluding hydrogens is 781 g/mol. The summed E-state index contributed by atoms with van der Waals surface area (Å²) in [5.41, 5.74) is 12.7. The Morgan fingerprint density at radius 2 is 0.719 bits per heavy atom. The van der Waals surface area contributed by atoms with Gasteiger partial charge in [0.05, 0.1) is 22.7 Å². The highest BCUT2D eigenvalue weighted by atomic mass is 16.3. The summed E-state index contributed by atoms with van der Waals surface area (Å²) in [6, 6.07) is 66.3. The average molecular weight is 829 g/mol. The van der Waals surface area contributed by atoms with Crippen molar-refractivity contribution in [3.8, 4) is 0 Å². The lowest BCUT2D eigenvalue weighted by Crippen LogP contribution is -2.11. The molecule has 0 unspecified atom stereocenters. The van der Waals surface area contributed by atoms with Gasteiger partial charge in [-0.3, -0.25) is 0 Å². The van der Waals surface area contributed by atoms with Gasteiger partial charge in [0.1, 0.15) is 11.2 Å². The van der Waals surface area contributed by atoms with Crippen molar-refractivity contribution in [1.29, 1.82) is 0 Å². The lowest BCUT2D eigenvalue weighted by Gasteiger charge is -2.29. The van der Waals surface area contributed by atoms with Crippen LogP contribution in [0.15, 0.2) is 191 Å². The number of hydrogen-bond acceptors (Lipinski definition) is 4. The Morgan fingerprint density at radius 1 is 0.328 bits per heavy atom. The van der Waals surface area contributed by atoms with E-state index in [-0.39, 0.29) is 0 Å². The Labute approximate surface area is 372 Å². The molecule has 0 bridgehead atoms. The van der Waals surface area contributed by atoms with Gasteiger partial charge in [0.15, 0.2) is 11.2 Å². The van der Waals surface area contributed by atoms with Crippen LogP contribution in [0.2, 0.25) is 0 Å². The van der Waals surface area contributed by atoms with E-state index >= 15 is 0 Å². The Balaban J connectivity index is 1.09. The largest absolute Gasteiger partial charge is 0.454 e. The summed E-state index contributed by atoms with van der Waals surface area (Å²) in [5.74, 6) is 0. The molecule has 0 saturated carbocycles. The summed E-state index contributed by atoms with van der Waals surface area (Å²) in [7, 11) is 0. The summed E-state index contributed by atoms with van der Waals surface area (Å²) < 4.78 is 14.0. The quantitative estimate of drug-likeness (QED) is 0.115. The van der Waals surface area contributed by atoms with Crippen LogP contribution in [0.25, 0.3) is 76.2 Å². The molecule has 4 nitrogen and oxygen atoms in total. The zero-order chi connectivity index (χ0) is 42.7. The van der Waals surface area contributed by atoms with Crippen LogP contribution < -0.4 is 9.80 Å². The number of para-hydroxylation sites is 6. The van der Waals surface area contributed by atoms with Crippen LogP contribution >= 0.6 is 0 Å². The van der Waals surface area contributed by atoms with E-state index in [0.29, 0.717) is 0 Å². The van der Waals surface area contributed by atoms with Gasteiger partial charge >= 0.3 is 0 Å². The number of nitrogens with zero attached hydrogens (tertiary/aromatic N) is 2. The molecule has 310 valence electrons. The molecule has 10 aromatic carbocycles. The highest BCUT2D eigenvalue weighted by molar-refractivity contribution is 6.28. The van der Waals surface area contributed by atoms with Crippen LogP contribution in [0.4, 0.5) is 34.1 Å². The maximum Gasteiger partial charge on any atom is 0.159 e. The minimum Gasteiger partial charge on any atom is -0.454 e. The van der Waals surface area contributed by atoms with Gasteiger partial charge in [-0.05, 0) is 107 Å². The van der Waals surface area contributed by atoms with Gasteiger partial charge in [0.25, 0.3) is 0 Å². The van der Waals surface area contributed by atoms with E-state index in [1.807, 2.05) is 0 Å². The minimum absolute atomic E-state index is 0.897. The van der Waals surface area contributed by atoms with E-state index in [4.69, 9.17) is 8.83 Å². The van der Waals surface area contributed by atoms with E-state index in [2.05, 4.69) is 206 Å². The first kappa shape index (κ1) is 38.1. The lowest BCUT2D eigenvalue weighted by molar-refractivity contribution is 0.658. The van der Waals surface area contributed by atoms with Gasteiger partial charge in [-0.25, -0.2) is 0 Å². The molecule has 0 spiro atoms. The number of unbranched alkanes of at least 4 members (excludes halogenated alkanes) is 2. The minimum atomic E-state index is 0.897. The maximum atomic E-state index is 7.01. The third-order valence-electron chi connectivity index (χ3n) is 13.4. The zero-order valence-corrected chi connectivity index (χ0v) is 36.3. The number of hydrogen-bond donors (Lipinski definition) is 0. The molecule has 0 N–H and O–H groups in total. The smallest absolute Gasteiger partial charge is 0.159 e. The van der Waals surface area contributed by atoms with Crippen LogP contribution in [0.3, 0.4) is 0 Å². The molecule has 0 aliphatic rings. The first-order chi connectivity index (χ1) is 31.7. The second-order valence-corrected chi connectivity index (χ2v) is 17.2. The number of furan rings is 2. The number of aryl methyl sites for hydroxylation is 2. The predicted molar refractivity (Wildman–Crippen MR) is 271 cm³/mol. The summed E-state index contributed by atoms with van der Waals surface area (Å²) >= 11 is 0. The van der Waals surface area contributed by atoms with Crippen molar-refractivity contribution in [2.45, 2.75) is 52.4 Å². The van der Waals surface area contributed by atoms with E-state index in [9.17, 15) is 0 Å². The Kier molecular flexibility index (Phi) is 9.33. The van der Waals surface area contributed by atoms with Crippen molar-refractivity contribution in [3.05, 3.63) is 193 Å². The van der Waals surface area contributed by atoms with E-state index in [1.54, 1.807) is 0 Å². The molecule has 0 aliphatic heterocycles. The molecule has 0 saturated heterocycles. The molecule has 12 aromatic rings. The number of fused-ring (bicyclic) bond motifs is 6. The van der Waals surface area contributed by atoms with Crippen molar-refractivity contribution >= 4 is 110 Å². The normalized spacial score (nSPS) is 12.0. The molecular formula is C60H48N2O2. The van der Waals surface area contributed by atoms with Crippen LogP contribution in [0, 0.1) is 0 Å². The van der Waals surface area contributed by atoms with E-state index in [1.165, 1.54) is 54.2 Å². The monoisotopic (exact) mass is 828 g/mol. The van der Waals surface area contributed by atoms with Crippen molar-refractivity contribution in [2.75, 3.05) is 9.80 Å². The van der Waals surface area contributed by atoms with Gasteiger partial charge in [-0.2, -0.15) is 0 Å². The molecule has 0 radical (unpaired) electrons.